The number of piperidine rings is 1. The van der Waals surface area contributed by atoms with E-state index in [0.29, 0.717) is 5.92 Å². The van der Waals surface area contributed by atoms with Crippen LogP contribution in [0.5, 0.6) is 0 Å². The van der Waals surface area contributed by atoms with Gasteiger partial charge in [-0.25, -0.2) is 0 Å². The molecule has 1 fully saturated rings. The number of benzene rings is 1. The zero-order chi connectivity index (χ0) is 11.0. The first-order chi connectivity index (χ1) is 7.86. The number of hydrogen-bond acceptors (Lipinski definition) is 1. The van der Waals surface area contributed by atoms with Crippen molar-refractivity contribution in [2.75, 3.05) is 13.1 Å². The Morgan fingerprint density at radius 2 is 2.19 bits per heavy atom. The number of para-hydroxylation sites is 1. The molecule has 1 unspecified atom stereocenters. The maximum atomic E-state index is 3.49. The van der Waals surface area contributed by atoms with Gasteiger partial charge in [-0.2, -0.15) is 0 Å². The summed E-state index contributed by atoms with van der Waals surface area (Å²) >= 11 is 0. The smallest absolute Gasteiger partial charge is 0.0479 e. The third kappa shape index (κ3) is 1.54. The number of aryl methyl sites for hydroxylation is 1. The average Bonchev–Trinajstić information content (AvgIpc) is 2.69. The summed E-state index contributed by atoms with van der Waals surface area (Å²) in [6.45, 7) is 2.31. The second-order valence-corrected chi connectivity index (χ2v) is 4.73. The molecule has 1 aliphatic heterocycles. The molecule has 0 saturated carbocycles. The first-order valence-corrected chi connectivity index (χ1v) is 6.11. The first-order valence-electron chi connectivity index (χ1n) is 6.11. The van der Waals surface area contributed by atoms with Gasteiger partial charge >= 0.3 is 0 Å². The molecular weight excluding hydrogens is 196 g/mol. The van der Waals surface area contributed by atoms with Crippen molar-refractivity contribution in [3.05, 3.63) is 36.0 Å². The van der Waals surface area contributed by atoms with Crippen LogP contribution in [0, 0.1) is 0 Å². The fourth-order valence-electron chi connectivity index (χ4n) is 2.81. The Morgan fingerprint density at radius 1 is 1.31 bits per heavy atom. The highest BCUT2D eigenvalue weighted by Crippen LogP contribution is 2.28. The zero-order valence-electron chi connectivity index (χ0n) is 9.74. The van der Waals surface area contributed by atoms with Crippen LogP contribution in [0.4, 0.5) is 0 Å². The second-order valence-electron chi connectivity index (χ2n) is 4.73. The van der Waals surface area contributed by atoms with Gasteiger partial charge in [0.05, 0.1) is 0 Å². The molecule has 0 amide bonds. The predicted octanol–water partition coefficient (Wildman–Crippen LogP) is 2.65. The predicted molar refractivity (Wildman–Crippen MR) is 67.8 cm³/mol. The van der Waals surface area contributed by atoms with Crippen molar-refractivity contribution in [1.82, 2.24) is 9.88 Å². The molecule has 3 rings (SSSR count). The fraction of sp³-hybridized carbons (Fsp3) is 0.429. The second kappa shape index (κ2) is 3.95. The Bertz CT molecular complexity index is 492. The largest absolute Gasteiger partial charge is 0.347 e. The van der Waals surface area contributed by atoms with Crippen molar-refractivity contribution in [2.45, 2.75) is 18.8 Å². The number of nitrogens with one attached hydrogen (secondary N) is 1. The highest BCUT2D eigenvalue weighted by Gasteiger charge is 2.18. The lowest BCUT2D eigenvalue weighted by Gasteiger charge is -2.23. The third-order valence-corrected chi connectivity index (χ3v) is 3.70. The number of hydrogen-bond donors (Lipinski definition) is 1. The fourth-order valence-corrected chi connectivity index (χ4v) is 2.81. The van der Waals surface area contributed by atoms with Gasteiger partial charge in [0, 0.05) is 30.7 Å². The molecule has 2 heterocycles. The van der Waals surface area contributed by atoms with Crippen LogP contribution in [-0.2, 0) is 7.05 Å². The molecule has 2 nitrogen and oxygen atoms in total. The maximum Gasteiger partial charge on any atom is 0.0479 e. The van der Waals surface area contributed by atoms with Crippen LogP contribution in [0.25, 0.3) is 10.9 Å². The molecule has 84 valence electrons. The van der Waals surface area contributed by atoms with Gasteiger partial charge < -0.3 is 9.88 Å². The van der Waals surface area contributed by atoms with Crippen molar-refractivity contribution in [3.63, 3.8) is 0 Å². The minimum Gasteiger partial charge on any atom is -0.347 e. The van der Waals surface area contributed by atoms with Crippen LogP contribution >= 0.6 is 0 Å². The third-order valence-electron chi connectivity index (χ3n) is 3.70. The molecule has 0 spiro atoms. The van der Waals surface area contributed by atoms with Gasteiger partial charge in [0.2, 0.25) is 0 Å². The minimum atomic E-state index is 0.686. The average molecular weight is 214 g/mol. The van der Waals surface area contributed by atoms with E-state index in [0.717, 1.165) is 6.54 Å². The number of nitrogens with zero attached hydrogens (tertiary/aromatic N) is 1. The quantitative estimate of drug-likeness (QED) is 0.772. The number of aromatic nitrogens is 1. The van der Waals surface area contributed by atoms with Crippen LogP contribution in [0.15, 0.2) is 30.3 Å². The van der Waals surface area contributed by atoms with Gasteiger partial charge in [-0.1, -0.05) is 18.2 Å². The van der Waals surface area contributed by atoms with Crippen LogP contribution in [0.1, 0.15) is 24.5 Å². The van der Waals surface area contributed by atoms with Crippen LogP contribution in [0.2, 0.25) is 0 Å². The van der Waals surface area contributed by atoms with E-state index in [1.165, 1.54) is 36.0 Å². The molecule has 2 aromatic rings. The Kier molecular flexibility index (Phi) is 2.44. The number of rotatable bonds is 1. The van der Waals surface area contributed by atoms with E-state index in [9.17, 15) is 0 Å². The molecule has 1 aromatic carbocycles. The van der Waals surface area contributed by atoms with E-state index in [1.807, 2.05) is 0 Å². The molecule has 1 atom stereocenters. The monoisotopic (exact) mass is 214 g/mol. The highest BCUT2D eigenvalue weighted by molar-refractivity contribution is 5.81. The summed E-state index contributed by atoms with van der Waals surface area (Å²) in [6, 6.07) is 11.0. The van der Waals surface area contributed by atoms with Gasteiger partial charge in [0.1, 0.15) is 0 Å². The zero-order valence-corrected chi connectivity index (χ0v) is 9.74. The Labute approximate surface area is 96.3 Å². The standard InChI is InChI=1S/C14H18N2/c1-16-13-7-3-2-5-11(13)9-14(16)12-6-4-8-15-10-12/h2-3,5,7,9,12,15H,4,6,8,10H2,1H3. The van der Waals surface area contributed by atoms with E-state index in [4.69, 9.17) is 0 Å². The van der Waals surface area contributed by atoms with Crippen molar-refractivity contribution in [2.24, 2.45) is 7.05 Å². The Hall–Kier alpha value is -1.28. The summed E-state index contributed by atoms with van der Waals surface area (Å²) in [4.78, 5) is 0. The topological polar surface area (TPSA) is 17.0 Å². The van der Waals surface area contributed by atoms with E-state index in [-0.39, 0.29) is 0 Å². The SMILES string of the molecule is Cn1c(C2CCCNC2)cc2ccccc21. The minimum absolute atomic E-state index is 0.686. The summed E-state index contributed by atoms with van der Waals surface area (Å²) in [6.07, 6.45) is 2.61. The summed E-state index contributed by atoms with van der Waals surface area (Å²) < 4.78 is 2.35. The number of fused-ring (bicyclic) bond motifs is 1. The van der Waals surface area contributed by atoms with Gasteiger partial charge in [0.25, 0.3) is 0 Å². The molecule has 1 N–H and O–H groups in total. The van der Waals surface area contributed by atoms with E-state index >= 15 is 0 Å². The molecule has 0 aliphatic carbocycles. The summed E-state index contributed by atoms with van der Waals surface area (Å²) in [5.74, 6) is 0.686. The van der Waals surface area contributed by atoms with Crippen molar-refractivity contribution in [3.8, 4) is 0 Å². The van der Waals surface area contributed by atoms with Crippen LogP contribution in [-0.4, -0.2) is 17.7 Å². The molecule has 2 heteroatoms. The van der Waals surface area contributed by atoms with Crippen LogP contribution in [0.3, 0.4) is 0 Å². The van der Waals surface area contributed by atoms with E-state index in [1.54, 1.807) is 0 Å². The van der Waals surface area contributed by atoms with Crippen molar-refractivity contribution >= 4 is 10.9 Å². The molecule has 0 bridgehead atoms. The molecule has 1 aliphatic rings. The van der Waals surface area contributed by atoms with Crippen molar-refractivity contribution < 1.29 is 0 Å². The first kappa shape index (κ1) is 9.91. The normalized spacial score (nSPS) is 21.4. The summed E-state index contributed by atoms with van der Waals surface area (Å²) in [7, 11) is 2.19. The van der Waals surface area contributed by atoms with Gasteiger partial charge in [0.15, 0.2) is 0 Å². The molecule has 16 heavy (non-hydrogen) atoms. The summed E-state index contributed by atoms with van der Waals surface area (Å²) in [5, 5.41) is 4.86. The van der Waals surface area contributed by atoms with Gasteiger partial charge in [-0.3, -0.25) is 0 Å². The lowest BCUT2D eigenvalue weighted by atomic mass is 9.96. The Morgan fingerprint density at radius 3 is 2.94 bits per heavy atom. The van der Waals surface area contributed by atoms with E-state index in [2.05, 4.69) is 47.3 Å². The van der Waals surface area contributed by atoms with Crippen LogP contribution < -0.4 is 5.32 Å². The molecule has 1 aromatic heterocycles. The lowest BCUT2D eigenvalue weighted by Crippen LogP contribution is -2.29. The highest BCUT2D eigenvalue weighted by atomic mass is 15.0. The van der Waals surface area contributed by atoms with Gasteiger partial charge in [-0.05, 0) is 36.9 Å². The van der Waals surface area contributed by atoms with Crippen molar-refractivity contribution in [1.29, 1.82) is 0 Å². The lowest BCUT2D eigenvalue weighted by molar-refractivity contribution is 0.448. The maximum absolute atomic E-state index is 3.49. The molecule has 1 saturated heterocycles. The molecule has 0 radical (unpaired) electrons. The Balaban J connectivity index is 2.05. The molecular formula is C14H18N2. The summed E-state index contributed by atoms with van der Waals surface area (Å²) in [5.41, 5.74) is 2.83. The van der Waals surface area contributed by atoms with Gasteiger partial charge in [-0.15, -0.1) is 0 Å². The van der Waals surface area contributed by atoms with E-state index < -0.39 is 0 Å².